The van der Waals surface area contributed by atoms with Crippen molar-refractivity contribution in [3.63, 3.8) is 0 Å². The number of nitrogen functional groups attached to an aromatic ring is 1. The maximum Gasteiger partial charge on any atom is 0.275 e. The highest BCUT2D eigenvalue weighted by atomic mass is 16.3. The van der Waals surface area contributed by atoms with Crippen LogP contribution in [0.2, 0.25) is 0 Å². The van der Waals surface area contributed by atoms with Crippen molar-refractivity contribution in [3.05, 3.63) is 71.8 Å². The maximum atomic E-state index is 12.3. The number of hydrazone groups is 1. The number of phenolic OH excluding ortho intramolecular Hbond substituents is 1. The van der Waals surface area contributed by atoms with Gasteiger partial charge in [-0.1, -0.05) is 36.4 Å². The zero-order valence-corrected chi connectivity index (χ0v) is 13.2. The third-order valence-corrected chi connectivity index (χ3v) is 3.74. The maximum absolute atomic E-state index is 12.3. The van der Waals surface area contributed by atoms with E-state index in [1.54, 1.807) is 31.2 Å². The first kappa shape index (κ1) is 15.6. The summed E-state index contributed by atoms with van der Waals surface area (Å²) in [6.07, 6.45) is 0. The number of carbonyl (C=O) groups excluding carboxylic acids is 1. The quantitative estimate of drug-likeness (QED) is 0.393. The summed E-state index contributed by atoms with van der Waals surface area (Å²) in [4.78, 5) is 12.3. The summed E-state index contributed by atoms with van der Waals surface area (Å²) in [5.74, 6) is -0.551. The van der Waals surface area contributed by atoms with Crippen LogP contribution in [0, 0.1) is 0 Å². The number of amides is 1. The minimum Gasteiger partial charge on any atom is -0.507 e. The van der Waals surface area contributed by atoms with Gasteiger partial charge in [-0.3, -0.25) is 4.79 Å². The van der Waals surface area contributed by atoms with Crippen LogP contribution in [0.3, 0.4) is 0 Å². The van der Waals surface area contributed by atoms with E-state index in [1.165, 1.54) is 0 Å². The van der Waals surface area contributed by atoms with Gasteiger partial charge in [-0.25, -0.2) is 5.43 Å². The van der Waals surface area contributed by atoms with E-state index < -0.39 is 5.91 Å². The van der Waals surface area contributed by atoms with Crippen LogP contribution < -0.4 is 11.2 Å². The lowest BCUT2D eigenvalue weighted by atomic mass is 10.1. The molecular weight excluding hydrogens is 302 g/mol. The van der Waals surface area contributed by atoms with Crippen LogP contribution in [-0.4, -0.2) is 16.7 Å². The molecule has 0 unspecified atom stereocenters. The van der Waals surface area contributed by atoms with E-state index in [0.29, 0.717) is 11.4 Å². The lowest BCUT2D eigenvalue weighted by Crippen LogP contribution is -2.19. The molecule has 0 fully saturated rings. The predicted octanol–water partition coefficient (Wildman–Crippen LogP) is 3.28. The number of anilines is 1. The van der Waals surface area contributed by atoms with Crippen molar-refractivity contribution in [1.29, 1.82) is 0 Å². The number of hydrogen-bond acceptors (Lipinski definition) is 4. The molecule has 4 N–H and O–H groups in total. The van der Waals surface area contributed by atoms with Crippen molar-refractivity contribution in [2.24, 2.45) is 5.10 Å². The molecule has 0 atom stereocenters. The molecule has 0 spiro atoms. The van der Waals surface area contributed by atoms with Gasteiger partial charge in [0.15, 0.2) is 0 Å². The molecule has 0 aliphatic carbocycles. The van der Waals surface area contributed by atoms with Crippen LogP contribution in [0.4, 0.5) is 5.69 Å². The highest BCUT2D eigenvalue weighted by Crippen LogP contribution is 2.24. The Morgan fingerprint density at radius 2 is 1.75 bits per heavy atom. The van der Waals surface area contributed by atoms with Gasteiger partial charge >= 0.3 is 0 Å². The largest absolute Gasteiger partial charge is 0.507 e. The standard InChI is InChI=1S/C19H17N3O2/c1-12(13-7-4-8-16(20)9-13)21-22-19(24)17-10-14-5-2-3-6-15(14)11-18(17)23/h2-11,23H,20H2,1H3,(H,22,24)/b21-12-. The van der Waals surface area contributed by atoms with Crippen molar-refractivity contribution in [3.8, 4) is 5.75 Å². The number of fused-ring (bicyclic) bond motifs is 1. The number of nitrogens with zero attached hydrogens (tertiary/aromatic N) is 1. The molecule has 24 heavy (non-hydrogen) atoms. The molecule has 0 radical (unpaired) electrons. The number of aromatic hydroxyl groups is 1. The first-order valence-electron chi connectivity index (χ1n) is 7.47. The predicted molar refractivity (Wildman–Crippen MR) is 96.1 cm³/mol. The Balaban J connectivity index is 1.84. The van der Waals surface area contributed by atoms with Gasteiger partial charge in [0.2, 0.25) is 0 Å². The summed E-state index contributed by atoms with van der Waals surface area (Å²) in [5, 5.41) is 15.9. The molecule has 3 rings (SSSR count). The molecule has 3 aromatic carbocycles. The van der Waals surface area contributed by atoms with Gasteiger partial charge in [0.05, 0.1) is 11.3 Å². The fraction of sp³-hybridized carbons (Fsp3) is 0.0526. The van der Waals surface area contributed by atoms with E-state index in [2.05, 4.69) is 10.5 Å². The Labute approximate surface area is 139 Å². The number of phenols is 1. The van der Waals surface area contributed by atoms with Crippen LogP contribution in [0.25, 0.3) is 10.8 Å². The first-order chi connectivity index (χ1) is 11.5. The molecule has 5 nitrogen and oxygen atoms in total. The fourth-order valence-corrected chi connectivity index (χ4v) is 2.43. The highest BCUT2D eigenvalue weighted by Gasteiger charge is 2.12. The Hall–Kier alpha value is -3.34. The Morgan fingerprint density at radius 3 is 2.46 bits per heavy atom. The second-order valence-corrected chi connectivity index (χ2v) is 5.48. The minimum absolute atomic E-state index is 0.0805. The summed E-state index contributed by atoms with van der Waals surface area (Å²) in [7, 11) is 0. The fourth-order valence-electron chi connectivity index (χ4n) is 2.43. The molecule has 3 aromatic rings. The number of carbonyl (C=O) groups is 1. The lowest BCUT2D eigenvalue weighted by Gasteiger charge is -2.07. The highest BCUT2D eigenvalue weighted by molar-refractivity contribution is 6.03. The second kappa shape index (κ2) is 6.42. The van der Waals surface area contributed by atoms with Crippen molar-refractivity contribution < 1.29 is 9.90 Å². The second-order valence-electron chi connectivity index (χ2n) is 5.48. The summed E-state index contributed by atoms with van der Waals surface area (Å²) in [6.45, 7) is 1.77. The average molecular weight is 319 g/mol. The number of rotatable bonds is 3. The smallest absolute Gasteiger partial charge is 0.275 e. The molecular formula is C19H17N3O2. The Bertz CT molecular complexity index is 948. The van der Waals surface area contributed by atoms with Crippen molar-refractivity contribution in [1.82, 2.24) is 5.43 Å². The molecule has 120 valence electrons. The van der Waals surface area contributed by atoms with Crippen molar-refractivity contribution in [2.45, 2.75) is 6.92 Å². The van der Waals surface area contributed by atoms with Gasteiger partial charge in [-0.05, 0) is 47.5 Å². The molecule has 0 aliphatic heterocycles. The van der Waals surface area contributed by atoms with E-state index in [4.69, 9.17) is 5.73 Å². The SMILES string of the molecule is C/C(=N/NC(=O)c1cc2ccccc2cc1O)c1cccc(N)c1. The average Bonchev–Trinajstić information content (AvgIpc) is 2.58. The number of hydrogen-bond donors (Lipinski definition) is 3. The van der Waals surface area contributed by atoms with Crippen LogP contribution in [-0.2, 0) is 0 Å². The van der Waals surface area contributed by atoms with Gasteiger partial charge in [0, 0.05) is 5.69 Å². The first-order valence-corrected chi connectivity index (χ1v) is 7.47. The van der Waals surface area contributed by atoms with Crippen LogP contribution in [0.1, 0.15) is 22.8 Å². The monoisotopic (exact) mass is 319 g/mol. The third-order valence-electron chi connectivity index (χ3n) is 3.74. The summed E-state index contributed by atoms with van der Waals surface area (Å²) >= 11 is 0. The number of nitrogens with two attached hydrogens (primary N) is 1. The van der Waals surface area contributed by atoms with Gasteiger partial charge in [0.25, 0.3) is 5.91 Å². The van der Waals surface area contributed by atoms with Crippen molar-refractivity contribution in [2.75, 3.05) is 5.73 Å². The Morgan fingerprint density at radius 1 is 1.04 bits per heavy atom. The number of benzene rings is 3. The van der Waals surface area contributed by atoms with E-state index in [0.717, 1.165) is 16.3 Å². The van der Waals surface area contributed by atoms with E-state index in [1.807, 2.05) is 36.4 Å². The topological polar surface area (TPSA) is 87.7 Å². The zero-order valence-electron chi connectivity index (χ0n) is 13.2. The molecule has 0 aliphatic rings. The molecule has 1 amide bonds. The van der Waals surface area contributed by atoms with Gasteiger partial charge in [-0.2, -0.15) is 5.10 Å². The van der Waals surface area contributed by atoms with Crippen LogP contribution >= 0.6 is 0 Å². The van der Waals surface area contributed by atoms with E-state index >= 15 is 0 Å². The normalized spacial score (nSPS) is 11.5. The third kappa shape index (κ3) is 3.20. The summed E-state index contributed by atoms with van der Waals surface area (Å²) in [6, 6.07) is 18.0. The van der Waals surface area contributed by atoms with Crippen molar-refractivity contribution >= 4 is 28.1 Å². The van der Waals surface area contributed by atoms with Gasteiger partial charge < -0.3 is 10.8 Å². The molecule has 0 saturated heterocycles. The van der Waals surface area contributed by atoms with Crippen LogP contribution in [0.15, 0.2) is 65.8 Å². The summed E-state index contributed by atoms with van der Waals surface area (Å²) in [5.41, 5.74) is 10.5. The molecule has 0 saturated carbocycles. The Kier molecular flexibility index (Phi) is 4.16. The molecule has 5 heteroatoms. The number of nitrogens with one attached hydrogen (secondary N) is 1. The minimum atomic E-state index is -0.471. The van der Waals surface area contributed by atoms with Crippen LogP contribution in [0.5, 0.6) is 5.75 Å². The van der Waals surface area contributed by atoms with E-state index in [-0.39, 0.29) is 11.3 Å². The zero-order chi connectivity index (χ0) is 17.1. The van der Waals surface area contributed by atoms with E-state index in [9.17, 15) is 9.90 Å². The summed E-state index contributed by atoms with van der Waals surface area (Å²) < 4.78 is 0. The molecule has 0 aromatic heterocycles. The lowest BCUT2D eigenvalue weighted by molar-refractivity contribution is 0.0952. The molecule has 0 bridgehead atoms. The van der Waals surface area contributed by atoms with Gasteiger partial charge in [-0.15, -0.1) is 0 Å². The molecule has 0 heterocycles. The van der Waals surface area contributed by atoms with Gasteiger partial charge in [0.1, 0.15) is 5.75 Å².